The van der Waals surface area contributed by atoms with Crippen LogP contribution in [-0.4, -0.2) is 41.2 Å². The Morgan fingerprint density at radius 1 is 1.21 bits per heavy atom. The van der Waals surface area contributed by atoms with Crippen molar-refractivity contribution in [2.75, 3.05) is 19.6 Å². The highest BCUT2D eigenvalue weighted by Gasteiger charge is 2.35. The van der Waals surface area contributed by atoms with Gasteiger partial charge in [-0.3, -0.25) is 9.59 Å². The van der Waals surface area contributed by atoms with E-state index in [2.05, 4.69) is 11.4 Å². The van der Waals surface area contributed by atoms with Crippen LogP contribution >= 0.6 is 22.9 Å². The normalized spacial score (nSPS) is 16.4. The molecule has 29 heavy (non-hydrogen) atoms. The van der Waals surface area contributed by atoms with Crippen molar-refractivity contribution in [2.24, 2.45) is 5.41 Å². The van der Waals surface area contributed by atoms with E-state index in [0.29, 0.717) is 18.1 Å². The Labute approximate surface area is 182 Å². The number of carbonyl (C=O) groups excluding carboxylic acids is 2. The minimum atomic E-state index is -0.506. The Morgan fingerprint density at radius 2 is 1.90 bits per heavy atom. The molecular formula is C23H29ClN2O2S. The van der Waals surface area contributed by atoms with Gasteiger partial charge in [-0.1, -0.05) is 51.4 Å². The number of hydrogen-bond acceptors (Lipinski definition) is 3. The first-order chi connectivity index (χ1) is 13.7. The fourth-order valence-electron chi connectivity index (χ4n) is 3.84. The van der Waals surface area contributed by atoms with Crippen LogP contribution in [0.25, 0.3) is 0 Å². The van der Waals surface area contributed by atoms with Gasteiger partial charge < -0.3 is 9.80 Å². The van der Waals surface area contributed by atoms with E-state index in [0.717, 1.165) is 18.4 Å². The first-order valence-electron chi connectivity index (χ1n) is 10.1. The maximum Gasteiger partial charge on any atom is 0.242 e. The van der Waals surface area contributed by atoms with Gasteiger partial charge in [0.1, 0.15) is 0 Å². The van der Waals surface area contributed by atoms with Crippen LogP contribution in [0.4, 0.5) is 0 Å². The minimum absolute atomic E-state index is 0.00662. The molecule has 2 amide bonds. The number of amides is 2. The molecule has 0 saturated carbocycles. The van der Waals surface area contributed by atoms with Gasteiger partial charge in [0.2, 0.25) is 11.8 Å². The van der Waals surface area contributed by atoms with Crippen LogP contribution in [0.2, 0.25) is 5.02 Å². The summed E-state index contributed by atoms with van der Waals surface area (Å²) in [7, 11) is 0. The highest BCUT2D eigenvalue weighted by molar-refractivity contribution is 7.10. The molecular weight excluding hydrogens is 404 g/mol. The van der Waals surface area contributed by atoms with Crippen LogP contribution in [0.5, 0.6) is 0 Å². The maximum atomic E-state index is 13.4. The smallest absolute Gasteiger partial charge is 0.242 e. The minimum Gasteiger partial charge on any atom is -0.333 e. The summed E-state index contributed by atoms with van der Waals surface area (Å²) < 4.78 is 0. The summed E-state index contributed by atoms with van der Waals surface area (Å²) in [6, 6.07) is 9.69. The fourth-order valence-corrected chi connectivity index (χ4v) is 4.87. The summed E-state index contributed by atoms with van der Waals surface area (Å²) >= 11 is 7.83. The zero-order valence-electron chi connectivity index (χ0n) is 17.6. The van der Waals surface area contributed by atoms with Crippen LogP contribution < -0.4 is 0 Å². The van der Waals surface area contributed by atoms with Gasteiger partial charge >= 0.3 is 0 Å². The molecule has 1 atom stereocenters. The summed E-state index contributed by atoms with van der Waals surface area (Å²) in [5.74, 6) is 0.0109. The number of nitrogens with zero attached hydrogens (tertiary/aromatic N) is 2. The molecule has 3 rings (SSSR count). The third-order valence-corrected chi connectivity index (χ3v) is 6.47. The quantitative estimate of drug-likeness (QED) is 0.654. The van der Waals surface area contributed by atoms with E-state index < -0.39 is 5.41 Å². The molecule has 2 heterocycles. The molecule has 1 aliphatic heterocycles. The number of carbonyl (C=O) groups is 2. The van der Waals surface area contributed by atoms with E-state index in [1.807, 2.05) is 56.9 Å². The lowest BCUT2D eigenvalue weighted by Crippen LogP contribution is -2.49. The Morgan fingerprint density at radius 3 is 2.52 bits per heavy atom. The van der Waals surface area contributed by atoms with Gasteiger partial charge in [-0.15, -0.1) is 11.3 Å². The first-order valence-corrected chi connectivity index (χ1v) is 11.4. The third kappa shape index (κ3) is 4.84. The van der Waals surface area contributed by atoms with Crippen molar-refractivity contribution in [2.45, 2.75) is 46.6 Å². The van der Waals surface area contributed by atoms with E-state index in [1.165, 1.54) is 10.4 Å². The van der Waals surface area contributed by atoms with Crippen molar-refractivity contribution >= 4 is 34.8 Å². The van der Waals surface area contributed by atoms with E-state index >= 15 is 0 Å². The second kappa shape index (κ2) is 8.88. The molecule has 0 saturated heterocycles. The highest BCUT2D eigenvalue weighted by Crippen LogP contribution is 2.38. The van der Waals surface area contributed by atoms with Gasteiger partial charge in [-0.25, -0.2) is 0 Å². The molecule has 0 spiro atoms. The molecule has 4 nitrogen and oxygen atoms in total. The molecule has 156 valence electrons. The molecule has 1 aromatic carbocycles. The average Bonchev–Trinajstić information content (AvgIpc) is 3.15. The van der Waals surface area contributed by atoms with E-state index in [1.54, 1.807) is 16.2 Å². The largest absolute Gasteiger partial charge is 0.333 e. The predicted molar refractivity (Wildman–Crippen MR) is 119 cm³/mol. The van der Waals surface area contributed by atoms with Gasteiger partial charge in [-0.05, 0) is 47.5 Å². The van der Waals surface area contributed by atoms with Crippen LogP contribution in [0.3, 0.4) is 0 Å². The first kappa shape index (κ1) is 21.8. The lowest BCUT2D eigenvalue weighted by atomic mass is 9.92. The molecule has 1 aromatic heterocycles. The van der Waals surface area contributed by atoms with Crippen LogP contribution in [0.15, 0.2) is 35.7 Å². The second-order valence-corrected chi connectivity index (χ2v) is 10.0. The molecule has 6 heteroatoms. The number of halogens is 1. The molecule has 2 aromatic rings. The van der Waals surface area contributed by atoms with Crippen molar-refractivity contribution in [3.8, 4) is 0 Å². The molecule has 0 N–H and O–H groups in total. The molecule has 1 unspecified atom stereocenters. The monoisotopic (exact) mass is 432 g/mol. The number of hydrogen-bond donors (Lipinski definition) is 0. The van der Waals surface area contributed by atoms with E-state index in [-0.39, 0.29) is 24.4 Å². The second-order valence-electron chi connectivity index (χ2n) is 8.57. The van der Waals surface area contributed by atoms with Crippen LogP contribution in [0.1, 0.15) is 56.2 Å². The summed E-state index contributed by atoms with van der Waals surface area (Å²) in [6.45, 7) is 9.09. The standard InChI is InChI=1S/C23H29ClN2O2S/c1-5-12-25(22(28)23(2,3)4)15-20(27)26-13-10-19-18(11-14-29-19)21(26)16-6-8-17(24)9-7-16/h6-9,11,14,21H,5,10,12-13,15H2,1-4H3. The van der Waals surface area contributed by atoms with Crippen molar-refractivity contribution in [1.29, 1.82) is 0 Å². The van der Waals surface area contributed by atoms with Gasteiger partial charge in [-0.2, -0.15) is 0 Å². The number of rotatable bonds is 5. The molecule has 0 bridgehead atoms. The highest BCUT2D eigenvalue weighted by atomic mass is 35.5. The molecule has 0 aliphatic carbocycles. The topological polar surface area (TPSA) is 40.6 Å². The lowest BCUT2D eigenvalue weighted by Gasteiger charge is -2.38. The van der Waals surface area contributed by atoms with Gasteiger partial charge in [0.25, 0.3) is 0 Å². The zero-order valence-corrected chi connectivity index (χ0v) is 19.1. The summed E-state index contributed by atoms with van der Waals surface area (Å²) in [6.07, 6.45) is 1.67. The van der Waals surface area contributed by atoms with Gasteiger partial charge in [0.05, 0.1) is 12.6 Å². The lowest BCUT2D eigenvalue weighted by molar-refractivity contribution is -0.146. The summed E-state index contributed by atoms with van der Waals surface area (Å²) in [5, 5.41) is 2.77. The van der Waals surface area contributed by atoms with Crippen molar-refractivity contribution in [3.63, 3.8) is 0 Å². The Kier molecular flexibility index (Phi) is 6.69. The average molecular weight is 433 g/mol. The molecule has 1 aliphatic rings. The van der Waals surface area contributed by atoms with E-state index in [4.69, 9.17) is 11.6 Å². The predicted octanol–water partition coefficient (Wildman–Crippen LogP) is 5.16. The molecule has 0 fully saturated rings. The zero-order chi connectivity index (χ0) is 21.2. The third-order valence-electron chi connectivity index (χ3n) is 5.22. The maximum absolute atomic E-state index is 13.4. The number of thiophene rings is 1. The van der Waals surface area contributed by atoms with Gasteiger partial charge in [0, 0.05) is 28.4 Å². The Hall–Kier alpha value is -1.85. The molecule has 0 radical (unpaired) electrons. The Bertz CT molecular complexity index is 870. The summed E-state index contributed by atoms with van der Waals surface area (Å²) in [5.41, 5.74) is 1.72. The van der Waals surface area contributed by atoms with Crippen molar-refractivity contribution in [1.82, 2.24) is 9.80 Å². The Balaban J connectivity index is 1.89. The number of benzene rings is 1. The van der Waals surface area contributed by atoms with Gasteiger partial charge in [0.15, 0.2) is 0 Å². The summed E-state index contributed by atoms with van der Waals surface area (Å²) in [4.78, 5) is 31.2. The van der Waals surface area contributed by atoms with Crippen LogP contribution in [0, 0.1) is 5.41 Å². The fraction of sp³-hybridized carbons (Fsp3) is 0.478. The van der Waals surface area contributed by atoms with Crippen molar-refractivity contribution in [3.05, 3.63) is 56.7 Å². The van der Waals surface area contributed by atoms with Crippen LogP contribution in [-0.2, 0) is 16.0 Å². The van der Waals surface area contributed by atoms with E-state index in [9.17, 15) is 9.59 Å². The number of fused-ring (bicyclic) bond motifs is 1. The van der Waals surface area contributed by atoms with Crippen molar-refractivity contribution < 1.29 is 9.59 Å². The SMILES string of the molecule is CCCN(CC(=O)N1CCc2sccc2C1c1ccc(Cl)cc1)C(=O)C(C)(C)C.